The van der Waals surface area contributed by atoms with Gasteiger partial charge in [0, 0.05) is 11.1 Å². The molecule has 0 unspecified atom stereocenters. The van der Waals surface area contributed by atoms with Crippen molar-refractivity contribution in [3.8, 4) is 11.3 Å². The van der Waals surface area contributed by atoms with Gasteiger partial charge in [-0.05, 0) is 37.3 Å². The van der Waals surface area contributed by atoms with E-state index in [1.165, 1.54) is 34.2 Å². The lowest BCUT2D eigenvalue weighted by molar-refractivity contribution is 0.575. The van der Waals surface area contributed by atoms with Gasteiger partial charge in [-0.3, -0.25) is 4.79 Å². The zero-order valence-electron chi connectivity index (χ0n) is 13.7. The fourth-order valence-electron chi connectivity index (χ4n) is 2.76. The Morgan fingerprint density at radius 1 is 1.08 bits per heavy atom. The van der Waals surface area contributed by atoms with Crippen LogP contribution in [0.25, 0.3) is 21.5 Å². The summed E-state index contributed by atoms with van der Waals surface area (Å²) >= 11 is 1.36. The topological polar surface area (TPSA) is 47.8 Å². The molecule has 130 valence electrons. The van der Waals surface area contributed by atoms with Gasteiger partial charge in [-0.15, -0.1) is 11.3 Å². The van der Waals surface area contributed by atoms with Crippen LogP contribution in [0.15, 0.2) is 53.3 Å². The van der Waals surface area contributed by atoms with Crippen LogP contribution in [0.2, 0.25) is 0 Å². The first-order valence-corrected chi connectivity index (χ1v) is 8.72. The van der Waals surface area contributed by atoms with Crippen molar-refractivity contribution in [3.63, 3.8) is 0 Å². The summed E-state index contributed by atoms with van der Waals surface area (Å²) in [5.74, 6) is -0.760. The van der Waals surface area contributed by atoms with E-state index in [4.69, 9.17) is 0 Å². The molecule has 0 aliphatic heterocycles. The lowest BCUT2D eigenvalue weighted by Crippen LogP contribution is -2.24. The van der Waals surface area contributed by atoms with Crippen LogP contribution in [0.4, 0.5) is 8.78 Å². The zero-order valence-corrected chi connectivity index (χ0v) is 14.6. The number of halogens is 2. The van der Waals surface area contributed by atoms with Crippen molar-refractivity contribution in [2.75, 3.05) is 0 Å². The van der Waals surface area contributed by atoms with Crippen molar-refractivity contribution in [3.05, 3.63) is 81.1 Å². The summed E-state index contributed by atoms with van der Waals surface area (Å²) in [5.41, 5.74) is 1.47. The molecule has 0 bridgehead atoms. The van der Waals surface area contributed by atoms with Crippen LogP contribution in [-0.2, 0) is 6.54 Å². The monoisotopic (exact) mass is 369 g/mol. The number of benzene rings is 2. The van der Waals surface area contributed by atoms with E-state index in [1.54, 1.807) is 37.3 Å². The Hall–Kier alpha value is -2.93. The van der Waals surface area contributed by atoms with Crippen LogP contribution in [0.3, 0.4) is 0 Å². The van der Waals surface area contributed by atoms with E-state index in [0.29, 0.717) is 21.5 Å². The predicted octanol–water partition coefficient (Wildman–Crippen LogP) is 4.15. The van der Waals surface area contributed by atoms with Gasteiger partial charge in [-0.2, -0.15) is 5.10 Å². The molecule has 0 amide bonds. The van der Waals surface area contributed by atoms with E-state index in [-0.39, 0.29) is 23.4 Å². The van der Waals surface area contributed by atoms with Crippen molar-refractivity contribution < 1.29 is 8.78 Å². The van der Waals surface area contributed by atoms with Crippen molar-refractivity contribution in [1.82, 2.24) is 14.8 Å². The zero-order chi connectivity index (χ0) is 18.3. The third kappa shape index (κ3) is 2.90. The molecule has 2 aromatic carbocycles. The smallest absolute Gasteiger partial charge is 0.265 e. The molecule has 0 aliphatic rings. The summed E-state index contributed by atoms with van der Waals surface area (Å²) in [6.45, 7) is 1.80. The molecule has 2 aromatic heterocycles. The molecule has 4 nitrogen and oxygen atoms in total. The summed E-state index contributed by atoms with van der Waals surface area (Å²) in [4.78, 5) is 17.1. The quantitative estimate of drug-likeness (QED) is 0.545. The Balaban J connectivity index is 1.94. The van der Waals surface area contributed by atoms with Crippen LogP contribution in [0, 0.1) is 18.6 Å². The predicted molar refractivity (Wildman–Crippen MR) is 97.3 cm³/mol. The maximum absolute atomic E-state index is 14.0. The average Bonchev–Trinajstić information content (AvgIpc) is 3.02. The second-order valence-corrected chi connectivity index (χ2v) is 7.02. The summed E-state index contributed by atoms with van der Waals surface area (Å²) in [5, 5.41) is 5.16. The van der Waals surface area contributed by atoms with Crippen molar-refractivity contribution >= 4 is 21.6 Å². The Morgan fingerprint density at radius 3 is 2.54 bits per heavy atom. The number of rotatable bonds is 3. The molecule has 4 aromatic rings. The molecule has 2 heterocycles. The molecule has 0 saturated carbocycles. The molecule has 0 aliphatic carbocycles. The third-order valence-electron chi connectivity index (χ3n) is 4.00. The number of hydrogen-bond donors (Lipinski definition) is 0. The van der Waals surface area contributed by atoms with Gasteiger partial charge in [0.2, 0.25) is 0 Å². The highest BCUT2D eigenvalue weighted by Gasteiger charge is 2.17. The first-order chi connectivity index (χ1) is 12.5. The maximum atomic E-state index is 14.0. The minimum absolute atomic E-state index is 0.00772. The molecule has 0 atom stereocenters. The molecule has 0 N–H and O–H groups in total. The number of aryl methyl sites for hydroxylation is 1. The summed E-state index contributed by atoms with van der Waals surface area (Å²) in [6.07, 6.45) is 0. The number of thiazole rings is 1. The van der Waals surface area contributed by atoms with Crippen molar-refractivity contribution in [1.29, 1.82) is 0 Å². The first kappa shape index (κ1) is 16.5. The molecule has 4 rings (SSSR count). The Kier molecular flexibility index (Phi) is 4.08. The average molecular weight is 369 g/mol. The molecule has 0 spiro atoms. The lowest BCUT2D eigenvalue weighted by atomic mass is 10.1. The van der Waals surface area contributed by atoms with Gasteiger partial charge in [-0.25, -0.2) is 18.4 Å². The molecule has 7 heteroatoms. The van der Waals surface area contributed by atoms with Crippen molar-refractivity contribution in [2.24, 2.45) is 0 Å². The van der Waals surface area contributed by atoms with Gasteiger partial charge in [0.25, 0.3) is 5.56 Å². The molecular formula is C19H13F2N3OS. The van der Waals surface area contributed by atoms with Gasteiger partial charge < -0.3 is 0 Å². The van der Waals surface area contributed by atoms with E-state index in [0.717, 1.165) is 5.01 Å². The highest BCUT2D eigenvalue weighted by Crippen LogP contribution is 2.29. The lowest BCUT2D eigenvalue weighted by Gasteiger charge is -2.09. The number of hydrogen-bond acceptors (Lipinski definition) is 4. The fourth-order valence-corrected chi connectivity index (χ4v) is 3.68. The van der Waals surface area contributed by atoms with E-state index >= 15 is 0 Å². The number of fused-ring (bicyclic) bond motifs is 1. The van der Waals surface area contributed by atoms with Gasteiger partial charge in [0.1, 0.15) is 17.3 Å². The highest BCUT2D eigenvalue weighted by atomic mass is 32.1. The van der Waals surface area contributed by atoms with Crippen LogP contribution < -0.4 is 5.56 Å². The van der Waals surface area contributed by atoms with Gasteiger partial charge in [0.15, 0.2) is 5.52 Å². The normalized spacial score (nSPS) is 11.2. The summed E-state index contributed by atoms with van der Waals surface area (Å²) in [6, 6.07) is 12.1. The molecule has 0 saturated heterocycles. The fraction of sp³-hybridized carbons (Fsp3) is 0.105. The van der Waals surface area contributed by atoms with Gasteiger partial charge in [0.05, 0.1) is 16.3 Å². The van der Waals surface area contributed by atoms with E-state index in [9.17, 15) is 13.6 Å². The summed E-state index contributed by atoms with van der Waals surface area (Å²) < 4.78 is 29.1. The second kappa shape index (κ2) is 6.42. The second-order valence-electron chi connectivity index (χ2n) is 5.82. The molecular weight excluding hydrogens is 356 g/mol. The standard InChI is InChI=1S/C19H13F2N3OS/c1-11-22-17-18(26-11)16(12-6-8-14(20)9-7-12)23-24(19(17)25)10-13-4-2-3-5-15(13)21/h2-9H,10H2,1H3. The van der Waals surface area contributed by atoms with Crippen LogP contribution in [-0.4, -0.2) is 14.8 Å². The third-order valence-corrected chi connectivity index (χ3v) is 4.98. The van der Waals surface area contributed by atoms with E-state index in [1.807, 2.05) is 0 Å². The first-order valence-electron chi connectivity index (χ1n) is 7.90. The number of aromatic nitrogens is 3. The minimum atomic E-state index is -0.404. The molecule has 0 radical (unpaired) electrons. The SMILES string of the molecule is Cc1nc2c(=O)n(Cc3ccccc3F)nc(-c3ccc(F)cc3)c2s1. The Bertz CT molecular complexity index is 1170. The largest absolute Gasteiger partial charge is 0.294 e. The number of nitrogens with zero attached hydrogens (tertiary/aromatic N) is 3. The highest BCUT2D eigenvalue weighted by molar-refractivity contribution is 7.19. The Labute approximate surface area is 151 Å². The maximum Gasteiger partial charge on any atom is 0.294 e. The van der Waals surface area contributed by atoms with Crippen molar-refractivity contribution in [2.45, 2.75) is 13.5 Å². The van der Waals surface area contributed by atoms with Gasteiger partial charge >= 0.3 is 0 Å². The van der Waals surface area contributed by atoms with E-state index in [2.05, 4.69) is 10.1 Å². The minimum Gasteiger partial charge on any atom is -0.265 e. The van der Waals surface area contributed by atoms with E-state index < -0.39 is 5.82 Å². The summed E-state index contributed by atoms with van der Waals surface area (Å²) in [7, 11) is 0. The van der Waals surface area contributed by atoms with Crippen LogP contribution in [0.1, 0.15) is 10.6 Å². The Morgan fingerprint density at radius 2 is 1.81 bits per heavy atom. The van der Waals surface area contributed by atoms with Crippen LogP contribution in [0.5, 0.6) is 0 Å². The van der Waals surface area contributed by atoms with Crippen LogP contribution >= 0.6 is 11.3 Å². The molecule has 26 heavy (non-hydrogen) atoms. The van der Waals surface area contributed by atoms with Gasteiger partial charge in [-0.1, -0.05) is 18.2 Å². The molecule has 0 fully saturated rings.